The fourth-order valence-electron chi connectivity index (χ4n) is 3.43. The largest absolute Gasteiger partial charge is 0.355 e. The van der Waals surface area contributed by atoms with Gasteiger partial charge in [-0.25, -0.2) is 4.39 Å². The van der Waals surface area contributed by atoms with Crippen molar-refractivity contribution in [2.45, 2.75) is 33.2 Å². The minimum atomic E-state index is -0.503. The Labute approximate surface area is 175 Å². The first kappa shape index (κ1) is 21.0. The van der Waals surface area contributed by atoms with Gasteiger partial charge in [-0.3, -0.25) is 14.4 Å². The van der Waals surface area contributed by atoms with Crippen LogP contribution in [0.2, 0.25) is 0 Å². The van der Waals surface area contributed by atoms with Crippen LogP contribution in [0.4, 0.5) is 15.8 Å². The molecule has 2 aromatic rings. The zero-order chi connectivity index (χ0) is 21.1. The lowest BCUT2D eigenvalue weighted by Crippen LogP contribution is -2.36. The van der Waals surface area contributed by atoms with Gasteiger partial charge < -0.3 is 20.5 Å². The number of carbonyl (C=O) groups excluding carboxylic acids is 2. The highest BCUT2D eigenvalue weighted by Gasteiger charge is 2.27. The number of fused-ring (bicyclic) bond motifs is 1. The van der Waals surface area contributed by atoms with Gasteiger partial charge in [0.15, 0.2) is 0 Å². The topological polar surface area (TPSA) is 92.2 Å². The normalized spacial score (nSPS) is 12.4. The maximum absolute atomic E-state index is 14.4. The maximum Gasteiger partial charge on any atom is 0.255 e. The van der Waals surface area contributed by atoms with Crippen molar-refractivity contribution in [3.05, 3.63) is 55.7 Å². The van der Waals surface area contributed by atoms with Gasteiger partial charge in [-0.15, -0.1) is 0 Å². The number of pyridine rings is 1. The standard InChI is InChI=1S/C20H22BrFN4O3/c1-11-18(25-15-6-5-13(21)10-14(15)22)17(16-4-3-9-26(16)20(11)29)19(28)24-8-7-23-12(2)27/h5-6,10,25H,3-4,7-9H2,1-2H3,(H,23,27)(H,24,28). The lowest BCUT2D eigenvalue weighted by atomic mass is 10.0. The molecule has 1 aromatic heterocycles. The molecule has 0 fully saturated rings. The van der Waals surface area contributed by atoms with Gasteiger partial charge in [-0.2, -0.15) is 0 Å². The number of carbonyl (C=O) groups is 2. The predicted octanol–water partition coefficient (Wildman–Crippen LogP) is 2.61. The third-order valence-corrected chi connectivity index (χ3v) is 5.30. The molecule has 0 bridgehead atoms. The molecule has 9 heteroatoms. The molecule has 29 heavy (non-hydrogen) atoms. The molecule has 0 spiro atoms. The zero-order valence-electron chi connectivity index (χ0n) is 16.2. The summed E-state index contributed by atoms with van der Waals surface area (Å²) < 4.78 is 16.6. The van der Waals surface area contributed by atoms with Crippen molar-refractivity contribution in [2.75, 3.05) is 18.4 Å². The Morgan fingerprint density at radius 2 is 1.97 bits per heavy atom. The summed E-state index contributed by atoms with van der Waals surface area (Å²) in [6, 6.07) is 4.53. The van der Waals surface area contributed by atoms with Gasteiger partial charge in [0.2, 0.25) is 5.91 Å². The van der Waals surface area contributed by atoms with Gasteiger partial charge in [0.25, 0.3) is 11.5 Å². The van der Waals surface area contributed by atoms with E-state index in [0.29, 0.717) is 46.5 Å². The number of nitrogens with zero attached hydrogens (tertiary/aromatic N) is 1. The van der Waals surface area contributed by atoms with Crippen LogP contribution in [0.25, 0.3) is 0 Å². The Hall–Kier alpha value is -2.68. The van der Waals surface area contributed by atoms with E-state index in [4.69, 9.17) is 0 Å². The summed E-state index contributed by atoms with van der Waals surface area (Å²) in [7, 11) is 0. The number of rotatable bonds is 6. The SMILES string of the molecule is CC(=O)NCCNC(=O)c1c(Nc2ccc(Br)cc2F)c(C)c(=O)n2c1CCC2. The van der Waals surface area contributed by atoms with Crippen LogP contribution in [0.3, 0.4) is 0 Å². The van der Waals surface area contributed by atoms with Crippen LogP contribution in [0.1, 0.15) is 35.0 Å². The summed E-state index contributed by atoms with van der Waals surface area (Å²) in [5.41, 5.74) is 1.62. The molecule has 7 nitrogen and oxygen atoms in total. The molecule has 0 atom stereocenters. The molecule has 1 aliphatic heterocycles. The van der Waals surface area contributed by atoms with E-state index < -0.39 is 5.82 Å². The number of nitrogens with one attached hydrogen (secondary N) is 3. The number of benzene rings is 1. The predicted molar refractivity (Wildman–Crippen MR) is 112 cm³/mol. The van der Waals surface area contributed by atoms with E-state index in [0.717, 1.165) is 6.42 Å². The van der Waals surface area contributed by atoms with E-state index in [-0.39, 0.29) is 29.6 Å². The maximum atomic E-state index is 14.4. The number of anilines is 2. The van der Waals surface area contributed by atoms with E-state index in [1.807, 2.05) is 0 Å². The second-order valence-corrected chi connectivity index (χ2v) is 7.79. The van der Waals surface area contributed by atoms with E-state index in [2.05, 4.69) is 31.9 Å². The molecule has 1 aliphatic rings. The average Bonchev–Trinajstić information content (AvgIpc) is 3.14. The molecule has 1 aromatic carbocycles. The molecule has 3 rings (SSSR count). The molecule has 0 saturated heterocycles. The van der Waals surface area contributed by atoms with Crippen molar-refractivity contribution in [2.24, 2.45) is 0 Å². The lowest BCUT2D eigenvalue weighted by molar-refractivity contribution is -0.118. The highest BCUT2D eigenvalue weighted by atomic mass is 79.9. The molecule has 3 N–H and O–H groups in total. The molecule has 0 unspecified atom stereocenters. The Balaban J connectivity index is 2.00. The van der Waals surface area contributed by atoms with Crippen molar-refractivity contribution < 1.29 is 14.0 Å². The smallest absolute Gasteiger partial charge is 0.255 e. The third kappa shape index (κ3) is 4.50. The minimum absolute atomic E-state index is 0.172. The summed E-state index contributed by atoms with van der Waals surface area (Å²) in [6.45, 7) is 4.10. The molecule has 2 amide bonds. The van der Waals surface area contributed by atoms with Crippen molar-refractivity contribution in [3.63, 3.8) is 0 Å². The first-order valence-electron chi connectivity index (χ1n) is 9.30. The Morgan fingerprint density at radius 1 is 1.24 bits per heavy atom. The Kier molecular flexibility index (Phi) is 6.36. The van der Waals surface area contributed by atoms with Gasteiger partial charge >= 0.3 is 0 Å². The zero-order valence-corrected chi connectivity index (χ0v) is 17.8. The molecule has 154 valence electrons. The van der Waals surface area contributed by atoms with Gasteiger partial charge in [0, 0.05) is 42.3 Å². The van der Waals surface area contributed by atoms with Crippen LogP contribution in [-0.4, -0.2) is 29.5 Å². The first-order valence-corrected chi connectivity index (χ1v) is 10.1. The van der Waals surface area contributed by atoms with Gasteiger partial charge in [0.1, 0.15) is 5.82 Å². The second kappa shape index (κ2) is 8.77. The molecule has 0 aliphatic carbocycles. The highest BCUT2D eigenvalue weighted by molar-refractivity contribution is 9.10. The van der Waals surface area contributed by atoms with Crippen LogP contribution >= 0.6 is 15.9 Å². The Bertz CT molecular complexity index is 1040. The molecular formula is C20H22BrFN4O3. The van der Waals surface area contributed by atoms with Crippen LogP contribution in [0.5, 0.6) is 0 Å². The van der Waals surface area contributed by atoms with Gasteiger partial charge in [-0.1, -0.05) is 15.9 Å². The molecule has 2 heterocycles. The number of halogens is 2. The van der Waals surface area contributed by atoms with E-state index in [1.54, 1.807) is 23.6 Å². The van der Waals surface area contributed by atoms with Crippen LogP contribution in [0, 0.1) is 12.7 Å². The van der Waals surface area contributed by atoms with Crippen LogP contribution in [-0.2, 0) is 17.8 Å². The fraction of sp³-hybridized carbons (Fsp3) is 0.350. The summed E-state index contributed by atoms with van der Waals surface area (Å²) in [4.78, 5) is 36.7. The molecule has 0 saturated carbocycles. The first-order chi connectivity index (χ1) is 13.8. The van der Waals surface area contributed by atoms with E-state index in [1.165, 1.54) is 13.0 Å². The monoisotopic (exact) mass is 464 g/mol. The van der Waals surface area contributed by atoms with Gasteiger partial charge in [-0.05, 0) is 38.0 Å². The van der Waals surface area contributed by atoms with Crippen molar-refractivity contribution in [1.29, 1.82) is 0 Å². The van der Waals surface area contributed by atoms with Crippen molar-refractivity contribution in [1.82, 2.24) is 15.2 Å². The summed E-state index contributed by atoms with van der Waals surface area (Å²) in [6.07, 6.45) is 1.35. The number of aromatic nitrogens is 1. The second-order valence-electron chi connectivity index (χ2n) is 6.87. The van der Waals surface area contributed by atoms with E-state index in [9.17, 15) is 18.8 Å². The highest BCUT2D eigenvalue weighted by Crippen LogP contribution is 2.31. The number of amides is 2. The third-order valence-electron chi connectivity index (χ3n) is 4.80. The minimum Gasteiger partial charge on any atom is -0.355 e. The summed E-state index contributed by atoms with van der Waals surface area (Å²) in [5.74, 6) is -1.06. The molecule has 0 radical (unpaired) electrons. The van der Waals surface area contributed by atoms with Crippen molar-refractivity contribution in [3.8, 4) is 0 Å². The van der Waals surface area contributed by atoms with Gasteiger partial charge in [0.05, 0.1) is 16.9 Å². The van der Waals surface area contributed by atoms with Crippen LogP contribution < -0.4 is 21.5 Å². The van der Waals surface area contributed by atoms with Crippen molar-refractivity contribution >= 4 is 39.1 Å². The average molecular weight is 465 g/mol. The quantitative estimate of drug-likeness (QED) is 0.572. The Morgan fingerprint density at radius 3 is 2.66 bits per heavy atom. The van der Waals surface area contributed by atoms with Crippen LogP contribution in [0.15, 0.2) is 27.5 Å². The summed E-state index contributed by atoms with van der Waals surface area (Å²) >= 11 is 3.22. The fourth-order valence-corrected chi connectivity index (χ4v) is 3.76. The summed E-state index contributed by atoms with van der Waals surface area (Å²) in [5, 5.41) is 8.34. The number of hydrogen-bond donors (Lipinski definition) is 3. The van der Waals surface area contributed by atoms with E-state index >= 15 is 0 Å². The number of hydrogen-bond acceptors (Lipinski definition) is 4. The lowest BCUT2D eigenvalue weighted by Gasteiger charge is -2.19. The molecular weight excluding hydrogens is 443 g/mol.